The third-order valence-corrected chi connectivity index (χ3v) is 6.31. The molecule has 1 aliphatic heterocycles. The zero-order valence-electron chi connectivity index (χ0n) is 15.2. The molecule has 0 bridgehead atoms. The van der Waals surface area contributed by atoms with Crippen LogP contribution in [0.3, 0.4) is 0 Å². The highest BCUT2D eigenvalue weighted by atomic mass is 32.1. The number of rotatable bonds is 4. The predicted molar refractivity (Wildman–Crippen MR) is 102 cm³/mol. The fourth-order valence-corrected chi connectivity index (χ4v) is 4.63. The molecule has 1 aromatic carbocycles. The van der Waals surface area contributed by atoms with Crippen LogP contribution in [0, 0.1) is 6.92 Å². The summed E-state index contributed by atoms with van der Waals surface area (Å²) in [5, 5.41) is 0. The number of ketones is 1. The number of hydrogen-bond acceptors (Lipinski definition) is 4. The predicted octanol–water partition coefficient (Wildman–Crippen LogP) is 3.86. The number of amides is 1. The van der Waals surface area contributed by atoms with Gasteiger partial charge in [-0.05, 0) is 56.9 Å². The molecule has 1 aliphatic carbocycles. The van der Waals surface area contributed by atoms with Crippen LogP contribution in [-0.2, 0) is 0 Å². The third-order valence-electron chi connectivity index (χ3n) is 5.05. The van der Waals surface area contributed by atoms with Gasteiger partial charge in [0.15, 0.2) is 10.6 Å². The van der Waals surface area contributed by atoms with Crippen LogP contribution in [0.1, 0.15) is 64.4 Å². The number of nitrogens with zero attached hydrogens (tertiary/aromatic N) is 3. The maximum Gasteiger partial charge on any atom is 0.253 e. The zero-order valence-corrected chi connectivity index (χ0v) is 16.0. The molecule has 0 radical (unpaired) electrons. The molecule has 26 heavy (non-hydrogen) atoms. The van der Waals surface area contributed by atoms with Gasteiger partial charge in [-0.25, -0.2) is 4.99 Å². The van der Waals surface area contributed by atoms with Crippen LogP contribution >= 0.6 is 11.3 Å². The maximum atomic E-state index is 12.4. The van der Waals surface area contributed by atoms with Crippen LogP contribution in [0.4, 0.5) is 5.69 Å². The van der Waals surface area contributed by atoms with Gasteiger partial charge in [0.2, 0.25) is 0 Å². The highest BCUT2D eigenvalue weighted by molar-refractivity contribution is 7.11. The fraction of sp³-hybridized carbons (Fsp3) is 0.450. The standard InChI is InChI=1S/C20H23N3O2S/c1-13-18(14(2)24)26-20(23(13)17-9-10-17)21-16-7-5-15(6-8-16)19(25)22-11-3-4-12-22/h5-8,17H,3-4,9-12H2,1-2H3/b21-20+. The normalized spacial score (nSPS) is 17.8. The number of aromatic nitrogens is 1. The van der Waals surface area contributed by atoms with Gasteiger partial charge in [-0.15, -0.1) is 0 Å². The van der Waals surface area contributed by atoms with Gasteiger partial charge in [0.25, 0.3) is 5.91 Å². The highest BCUT2D eigenvalue weighted by Gasteiger charge is 2.28. The Morgan fingerprint density at radius 3 is 2.35 bits per heavy atom. The van der Waals surface area contributed by atoms with Crippen LogP contribution < -0.4 is 4.80 Å². The summed E-state index contributed by atoms with van der Waals surface area (Å²) in [7, 11) is 0. The lowest BCUT2D eigenvalue weighted by atomic mass is 10.2. The van der Waals surface area contributed by atoms with E-state index in [0.717, 1.165) is 59.8 Å². The molecule has 1 saturated heterocycles. The van der Waals surface area contributed by atoms with Gasteiger partial charge in [0, 0.05) is 37.3 Å². The average molecular weight is 369 g/mol. The van der Waals surface area contributed by atoms with Crippen molar-refractivity contribution in [1.29, 1.82) is 0 Å². The molecule has 0 atom stereocenters. The summed E-state index contributed by atoms with van der Waals surface area (Å²) in [6.07, 6.45) is 4.48. The molecule has 2 heterocycles. The third kappa shape index (κ3) is 3.26. The van der Waals surface area contributed by atoms with Crippen molar-refractivity contribution >= 4 is 28.7 Å². The molecule has 0 unspecified atom stereocenters. The Labute approximate surface area is 157 Å². The quantitative estimate of drug-likeness (QED) is 0.769. The van der Waals surface area contributed by atoms with Gasteiger partial charge >= 0.3 is 0 Å². The number of Topliss-reactive ketones (excluding diaryl/α,β-unsaturated/α-hetero) is 1. The number of thiazole rings is 1. The minimum Gasteiger partial charge on any atom is -0.339 e. The first kappa shape index (κ1) is 17.2. The van der Waals surface area contributed by atoms with E-state index in [0.29, 0.717) is 11.6 Å². The minimum absolute atomic E-state index is 0.0925. The smallest absolute Gasteiger partial charge is 0.253 e. The summed E-state index contributed by atoms with van der Waals surface area (Å²) in [6.45, 7) is 5.32. The summed E-state index contributed by atoms with van der Waals surface area (Å²) in [4.78, 5) is 32.7. The lowest BCUT2D eigenvalue weighted by molar-refractivity contribution is 0.0792. The molecule has 1 aromatic heterocycles. The first-order valence-electron chi connectivity index (χ1n) is 9.21. The van der Waals surface area contributed by atoms with E-state index in [4.69, 9.17) is 4.99 Å². The Kier molecular flexibility index (Phi) is 4.53. The van der Waals surface area contributed by atoms with Crippen molar-refractivity contribution in [3.63, 3.8) is 0 Å². The summed E-state index contributed by atoms with van der Waals surface area (Å²) in [5.74, 6) is 0.197. The molecular weight excluding hydrogens is 346 g/mol. The van der Waals surface area contributed by atoms with E-state index < -0.39 is 0 Å². The molecule has 2 aliphatic rings. The van der Waals surface area contributed by atoms with E-state index in [1.54, 1.807) is 6.92 Å². The van der Waals surface area contributed by atoms with Crippen molar-refractivity contribution in [2.75, 3.05) is 13.1 Å². The summed E-state index contributed by atoms with van der Waals surface area (Å²) >= 11 is 1.46. The topological polar surface area (TPSA) is 54.7 Å². The van der Waals surface area contributed by atoms with Crippen LogP contribution in [0.5, 0.6) is 0 Å². The Bertz CT molecular complexity index is 914. The Hall–Kier alpha value is -2.21. The molecule has 136 valence electrons. The molecule has 6 heteroatoms. The van der Waals surface area contributed by atoms with E-state index in [-0.39, 0.29) is 11.7 Å². The van der Waals surface area contributed by atoms with E-state index in [9.17, 15) is 9.59 Å². The minimum atomic E-state index is 0.0925. The molecule has 1 amide bonds. The van der Waals surface area contributed by atoms with E-state index in [1.807, 2.05) is 36.1 Å². The Morgan fingerprint density at radius 1 is 1.12 bits per heavy atom. The lowest BCUT2D eigenvalue weighted by Crippen LogP contribution is -2.27. The van der Waals surface area contributed by atoms with E-state index in [2.05, 4.69) is 4.57 Å². The van der Waals surface area contributed by atoms with Crippen molar-refractivity contribution in [3.8, 4) is 0 Å². The van der Waals surface area contributed by atoms with Gasteiger partial charge < -0.3 is 9.47 Å². The van der Waals surface area contributed by atoms with Crippen molar-refractivity contribution in [2.45, 2.75) is 45.6 Å². The van der Waals surface area contributed by atoms with Gasteiger partial charge in [0.05, 0.1) is 10.6 Å². The van der Waals surface area contributed by atoms with E-state index in [1.165, 1.54) is 11.3 Å². The fourth-order valence-electron chi connectivity index (χ4n) is 3.53. The van der Waals surface area contributed by atoms with Crippen LogP contribution in [-0.4, -0.2) is 34.2 Å². The molecule has 1 saturated carbocycles. The molecule has 2 aromatic rings. The lowest BCUT2D eigenvalue weighted by Gasteiger charge is -2.14. The largest absolute Gasteiger partial charge is 0.339 e. The number of carbonyl (C=O) groups is 2. The first-order valence-corrected chi connectivity index (χ1v) is 10.0. The molecular formula is C20H23N3O2S. The Balaban J connectivity index is 1.65. The monoisotopic (exact) mass is 369 g/mol. The first-order chi connectivity index (χ1) is 12.5. The zero-order chi connectivity index (χ0) is 18.3. The molecule has 2 fully saturated rings. The summed E-state index contributed by atoms with van der Waals surface area (Å²) in [6, 6.07) is 7.96. The number of benzene rings is 1. The molecule has 4 rings (SSSR count). The highest BCUT2D eigenvalue weighted by Crippen LogP contribution is 2.36. The molecule has 0 N–H and O–H groups in total. The maximum absolute atomic E-state index is 12.4. The average Bonchev–Trinajstić information content (AvgIpc) is 3.19. The van der Waals surface area contributed by atoms with Crippen molar-refractivity contribution in [3.05, 3.63) is 45.2 Å². The summed E-state index contributed by atoms with van der Waals surface area (Å²) in [5.41, 5.74) is 2.55. The van der Waals surface area contributed by atoms with Gasteiger partial charge in [-0.3, -0.25) is 9.59 Å². The Morgan fingerprint density at radius 2 is 1.77 bits per heavy atom. The second-order valence-electron chi connectivity index (χ2n) is 7.11. The van der Waals surface area contributed by atoms with Crippen molar-refractivity contribution in [1.82, 2.24) is 9.47 Å². The second kappa shape index (κ2) is 6.83. The van der Waals surface area contributed by atoms with Crippen LogP contribution in [0.25, 0.3) is 0 Å². The SMILES string of the molecule is CC(=O)c1s/c(=N/c2ccc(C(=O)N3CCCC3)cc2)n(C2CC2)c1C. The number of carbonyl (C=O) groups excluding carboxylic acids is 2. The number of hydrogen-bond donors (Lipinski definition) is 0. The summed E-state index contributed by atoms with van der Waals surface area (Å²) < 4.78 is 2.20. The van der Waals surface area contributed by atoms with Crippen LogP contribution in [0.2, 0.25) is 0 Å². The van der Waals surface area contributed by atoms with Crippen molar-refractivity contribution < 1.29 is 9.59 Å². The number of likely N-dealkylation sites (tertiary alicyclic amines) is 1. The molecule has 0 spiro atoms. The van der Waals surface area contributed by atoms with Crippen molar-refractivity contribution in [2.24, 2.45) is 4.99 Å². The molecule has 5 nitrogen and oxygen atoms in total. The van der Waals surface area contributed by atoms with Gasteiger partial charge in [-0.2, -0.15) is 0 Å². The van der Waals surface area contributed by atoms with Crippen LogP contribution in [0.15, 0.2) is 29.3 Å². The van der Waals surface area contributed by atoms with Gasteiger partial charge in [-0.1, -0.05) is 11.3 Å². The van der Waals surface area contributed by atoms with E-state index >= 15 is 0 Å². The van der Waals surface area contributed by atoms with Gasteiger partial charge in [0.1, 0.15) is 0 Å². The second-order valence-corrected chi connectivity index (χ2v) is 8.09.